The Morgan fingerprint density at radius 2 is 2.00 bits per heavy atom. The van der Waals surface area contributed by atoms with Crippen molar-refractivity contribution in [2.24, 2.45) is 5.41 Å². The minimum atomic E-state index is -0.537. The molecule has 1 heterocycles. The van der Waals surface area contributed by atoms with Gasteiger partial charge in [0, 0.05) is 13.1 Å². The normalized spacial score (nSPS) is 18.8. The molecule has 1 rings (SSSR count). The van der Waals surface area contributed by atoms with E-state index in [-0.39, 0.29) is 18.4 Å². The summed E-state index contributed by atoms with van der Waals surface area (Å²) in [6.45, 7) is 9.39. The molecule has 0 aromatic heterocycles. The van der Waals surface area contributed by atoms with E-state index in [9.17, 15) is 9.59 Å². The molecule has 1 aliphatic heterocycles. The number of likely N-dealkylation sites (N-methyl/N-ethyl adjacent to an activating group) is 1. The van der Waals surface area contributed by atoms with Gasteiger partial charge in [-0.1, -0.05) is 0 Å². The van der Waals surface area contributed by atoms with Crippen molar-refractivity contribution in [1.82, 2.24) is 9.96 Å². The van der Waals surface area contributed by atoms with Crippen LogP contribution in [0.2, 0.25) is 0 Å². The summed E-state index contributed by atoms with van der Waals surface area (Å²) in [6.07, 6.45) is 0. The van der Waals surface area contributed by atoms with E-state index in [0.29, 0.717) is 19.6 Å². The van der Waals surface area contributed by atoms with Crippen molar-refractivity contribution in [3.05, 3.63) is 0 Å². The Balaban J connectivity index is 2.47. The Hall–Kier alpha value is -1.10. The first-order chi connectivity index (χ1) is 7.34. The van der Waals surface area contributed by atoms with Crippen LogP contribution in [0.15, 0.2) is 0 Å². The molecular formula is C11H20N2O3. The molecule has 0 saturated carbocycles. The van der Waals surface area contributed by atoms with Crippen LogP contribution in [0.4, 0.5) is 0 Å². The van der Waals surface area contributed by atoms with Crippen molar-refractivity contribution in [1.29, 1.82) is 0 Å². The minimum Gasteiger partial charge on any atom is -0.367 e. The van der Waals surface area contributed by atoms with Crippen molar-refractivity contribution >= 4 is 11.9 Å². The lowest BCUT2D eigenvalue weighted by Crippen LogP contribution is -2.51. The van der Waals surface area contributed by atoms with Crippen LogP contribution < -0.4 is 0 Å². The van der Waals surface area contributed by atoms with Gasteiger partial charge in [0.2, 0.25) is 5.91 Å². The Morgan fingerprint density at radius 3 is 2.44 bits per heavy atom. The van der Waals surface area contributed by atoms with Gasteiger partial charge in [-0.15, -0.1) is 5.06 Å². The third-order valence-corrected chi connectivity index (χ3v) is 2.49. The van der Waals surface area contributed by atoms with Crippen molar-refractivity contribution in [2.75, 3.05) is 26.2 Å². The third kappa shape index (κ3) is 3.20. The number of hydrogen-bond acceptors (Lipinski definition) is 4. The summed E-state index contributed by atoms with van der Waals surface area (Å²) in [5.74, 6) is -0.291. The number of hydroxylamine groups is 2. The van der Waals surface area contributed by atoms with Crippen LogP contribution in [0.1, 0.15) is 27.7 Å². The quantitative estimate of drug-likeness (QED) is 0.696. The summed E-state index contributed by atoms with van der Waals surface area (Å²) < 4.78 is 0. The zero-order valence-electron chi connectivity index (χ0n) is 10.4. The average molecular weight is 228 g/mol. The van der Waals surface area contributed by atoms with E-state index in [1.54, 1.807) is 25.7 Å². The van der Waals surface area contributed by atoms with Crippen LogP contribution >= 0.6 is 0 Å². The van der Waals surface area contributed by atoms with Gasteiger partial charge in [0.25, 0.3) is 0 Å². The topological polar surface area (TPSA) is 49.9 Å². The molecule has 0 spiro atoms. The molecule has 92 valence electrons. The molecule has 5 heteroatoms. The molecule has 0 atom stereocenters. The first-order valence-electron chi connectivity index (χ1n) is 5.59. The number of amides is 1. The molecule has 1 saturated heterocycles. The van der Waals surface area contributed by atoms with Crippen LogP contribution in [0.5, 0.6) is 0 Å². The highest BCUT2D eigenvalue weighted by molar-refractivity contribution is 5.79. The summed E-state index contributed by atoms with van der Waals surface area (Å²) in [5.41, 5.74) is -0.537. The van der Waals surface area contributed by atoms with Crippen LogP contribution in [-0.2, 0) is 14.4 Å². The fourth-order valence-electron chi connectivity index (χ4n) is 1.35. The highest BCUT2D eigenvalue weighted by Crippen LogP contribution is 2.16. The maximum atomic E-state index is 11.6. The smallest absolute Gasteiger partial charge is 0.330 e. The van der Waals surface area contributed by atoms with Gasteiger partial charge in [0.05, 0.1) is 12.0 Å². The van der Waals surface area contributed by atoms with Gasteiger partial charge in [-0.25, -0.2) is 4.79 Å². The summed E-state index contributed by atoms with van der Waals surface area (Å²) >= 11 is 0. The summed E-state index contributed by atoms with van der Waals surface area (Å²) in [5, 5.41) is 1.45. The average Bonchev–Trinajstić information content (AvgIpc) is 2.16. The first-order valence-corrected chi connectivity index (χ1v) is 5.59. The van der Waals surface area contributed by atoms with Gasteiger partial charge >= 0.3 is 5.97 Å². The van der Waals surface area contributed by atoms with Gasteiger partial charge in [0.15, 0.2) is 0 Å². The minimum absolute atomic E-state index is 0.00968. The fraction of sp³-hybridized carbons (Fsp3) is 0.818. The van der Waals surface area contributed by atoms with E-state index in [1.807, 2.05) is 6.92 Å². The Kier molecular flexibility index (Phi) is 3.91. The zero-order chi connectivity index (χ0) is 12.3. The van der Waals surface area contributed by atoms with E-state index in [2.05, 4.69) is 0 Å². The fourth-order valence-corrected chi connectivity index (χ4v) is 1.35. The molecule has 1 amide bonds. The van der Waals surface area contributed by atoms with E-state index < -0.39 is 5.41 Å². The van der Waals surface area contributed by atoms with Crippen LogP contribution in [0, 0.1) is 5.41 Å². The second-order valence-corrected chi connectivity index (χ2v) is 4.97. The largest absolute Gasteiger partial charge is 0.367 e. The van der Waals surface area contributed by atoms with E-state index in [1.165, 1.54) is 5.06 Å². The van der Waals surface area contributed by atoms with Crippen LogP contribution in [0.25, 0.3) is 0 Å². The number of piperazine rings is 1. The molecule has 0 aromatic carbocycles. The molecular weight excluding hydrogens is 208 g/mol. The van der Waals surface area contributed by atoms with E-state index in [4.69, 9.17) is 4.84 Å². The highest BCUT2D eigenvalue weighted by atomic mass is 16.7. The molecule has 0 unspecified atom stereocenters. The van der Waals surface area contributed by atoms with Gasteiger partial charge < -0.3 is 9.74 Å². The predicted octanol–water partition coefficient (Wildman–Crippen LogP) is 0.655. The lowest BCUT2D eigenvalue weighted by molar-refractivity contribution is -0.207. The van der Waals surface area contributed by atoms with Crippen molar-refractivity contribution in [3.8, 4) is 0 Å². The maximum absolute atomic E-state index is 11.6. The van der Waals surface area contributed by atoms with E-state index >= 15 is 0 Å². The third-order valence-electron chi connectivity index (χ3n) is 2.49. The molecule has 0 aliphatic carbocycles. The first kappa shape index (κ1) is 13.0. The lowest BCUT2D eigenvalue weighted by Gasteiger charge is -2.33. The van der Waals surface area contributed by atoms with Gasteiger partial charge in [-0.2, -0.15) is 0 Å². The zero-order valence-corrected chi connectivity index (χ0v) is 10.4. The molecule has 16 heavy (non-hydrogen) atoms. The lowest BCUT2D eigenvalue weighted by atomic mass is 9.98. The number of nitrogens with zero attached hydrogens (tertiary/aromatic N) is 2. The van der Waals surface area contributed by atoms with Crippen LogP contribution in [-0.4, -0.2) is 48.0 Å². The second-order valence-electron chi connectivity index (χ2n) is 4.97. The SMILES string of the molecule is CCN1CCN(OC(=O)C(C)(C)C)CC1=O. The molecule has 0 aromatic rings. The van der Waals surface area contributed by atoms with Gasteiger partial charge in [-0.3, -0.25) is 4.79 Å². The van der Waals surface area contributed by atoms with Crippen LogP contribution in [0.3, 0.4) is 0 Å². The number of carbonyl (C=O) groups excluding carboxylic acids is 2. The Labute approximate surface area is 96.3 Å². The van der Waals surface area contributed by atoms with Crippen molar-refractivity contribution < 1.29 is 14.4 Å². The molecule has 1 fully saturated rings. The summed E-state index contributed by atoms with van der Waals surface area (Å²) in [4.78, 5) is 30.1. The maximum Gasteiger partial charge on any atom is 0.330 e. The summed E-state index contributed by atoms with van der Waals surface area (Å²) in [7, 11) is 0. The number of rotatable bonds is 2. The molecule has 0 radical (unpaired) electrons. The molecule has 5 nitrogen and oxygen atoms in total. The standard InChI is InChI=1S/C11H20N2O3/c1-5-12-6-7-13(8-9(12)14)16-10(15)11(2,3)4/h5-8H2,1-4H3. The highest BCUT2D eigenvalue weighted by Gasteiger charge is 2.30. The predicted molar refractivity (Wildman–Crippen MR) is 59.4 cm³/mol. The Morgan fingerprint density at radius 1 is 1.38 bits per heavy atom. The van der Waals surface area contributed by atoms with Gasteiger partial charge in [0.1, 0.15) is 6.54 Å². The number of carbonyl (C=O) groups is 2. The van der Waals surface area contributed by atoms with E-state index in [0.717, 1.165) is 0 Å². The summed E-state index contributed by atoms with van der Waals surface area (Å²) in [6, 6.07) is 0. The van der Waals surface area contributed by atoms with Crippen molar-refractivity contribution in [2.45, 2.75) is 27.7 Å². The van der Waals surface area contributed by atoms with Gasteiger partial charge in [-0.05, 0) is 27.7 Å². The Bertz CT molecular complexity index is 283. The molecule has 0 N–H and O–H groups in total. The number of hydrogen-bond donors (Lipinski definition) is 0. The monoisotopic (exact) mass is 228 g/mol. The molecule has 0 bridgehead atoms. The second kappa shape index (κ2) is 4.82. The molecule has 1 aliphatic rings. The van der Waals surface area contributed by atoms with Crippen molar-refractivity contribution in [3.63, 3.8) is 0 Å².